The van der Waals surface area contributed by atoms with Crippen LogP contribution in [0.25, 0.3) is 16.6 Å². The standard InChI is InChI=1S/C18H15N2.BrH/c1-2-6-15(7-3-1)14-19-12-13-20-17-9-5-4-8-16(17)10-11-18(19)20;/h1-13H,14H2;1H/q+1;/p-1. The van der Waals surface area contributed by atoms with Crippen molar-refractivity contribution in [2.24, 2.45) is 0 Å². The lowest BCUT2D eigenvalue weighted by Gasteiger charge is -2.00. The van der Waals surface area contributed by atoms with E-state index in [9.17, 15) is 0 Å². The van der Waals surface area contributed by atoms with E-state index in [4.69, 9.17) is 0 Å². The highest BCUT2D eigenvalue weighted by molar-refractivity contribution is 5.81. The molecule has 0 fully saturated rings. The van der Waals surface area contributed by atoms with E-state index in [2.05, 4.69) is 88.1 Å². The molecule has 0 aliphatic carbocycles. The van der Waals surface area contributed by atoms with Gasteiger partial charge in [-0.3, -0.25) is 0 Å². The highest BCUT2D eigenvalue weighted by Crippen LogP contribution is 2.15. The second-order valence-corrected chi connectivity index (χ2v) is 5.03. The number of fused-ring (bicyclic) bond motifs is 3. The quantitative estimate of drug-likeness (QED) is 0.468. The lowest BCUT2D eigenvalue weighted by Crippen LogP contribution is -3.00. The Kier molecular flexibility index (Phi) is 3.76. The van der Waals surface area contributed by atoms with Gasteiger partial charge in [0.05, 0.1) is 0 Å². The van der Waals surface area contributed by atoms with Crippen LogP contribution in [0.4, 0.5) is 0 Å². The second-order valence-electron chi connectivity index (χ2n) is 5.03. The Balaban J connectivity index is 0.00000132. The Morgan fingerprint density at radius 1 is 0.810 bits per heavy atom. The first-order chi connectivity index (χ1) is 9.92. The molecule has 0 amide bonds. The molecule has 0 atom stereocenters. The summed E-state index contributed by atoms with van der Waals surface area (Å²) in [7, 11) is 0. The van der Waals surface area contributed by atoms with Crippen LogP contribution in [-0.4, -0.2) is 4.40 Å². The van der Waals surface area contributed by atoms with Gasteiger partial charge in [0.2, 0.25) is 0 Å². The zero-order valence-electron chi connectivity index (χ0n) is 11.5. The Morgan fingerprint density at radius 3 is 2.43 bits per heavy atom. The number of imidazole rings is 1. The first kappa shape index (κ1) is 13.8. The van der Waals surface area contributed by atoms with Crippen molar-refractivity contribution in [3.05, 3.63) is 84.7 Å². The smallest absolute Gasteiger partial charge is 0.286 e. The fourth-order valence-electron chi connectivity index (χ4n) is 2.74. The molecule has 0 unspecified atom stereocenters. The molecule has 0 aliphatic heterocycles. The van der Waals surface area contributed by atoms with Gasteiger partial charge in [-0.25, -0.2) is 4.57 Å². The van der Waals surface area contributed by atoms with E-state index in [1.807, 2.05) is 0 Å². The minimum Gasteiger partial charge on any atom is -1.00 e. The molecule has 4 rings (SSSR count). The third-order valence-corrected chi connectivity index (χ3v) is 3.74. The molecule has 104 valence electrons. The Labute approximate surface area is 134 Å². The number of aromatic nitrogens is 2. The number of halogens is 1. The number of rotatable bonds is 2. The van der Waals surface area contributed by atoms with E-state index in [1.54, 1.807) is 0 Å². The summed E-state index contributed by atoms with van der Waals surface area (Å²) < 4.78 is 4.53. The Morgan fingerprint density at radius 2 is 1.57 bits per heavy atom. The van der Waals surface area contributed by atoms with E-state index in [-0.39, 0.29) is 17.0 Å². The van der Waals surface area contributed by atoms with Gasteiger partial charge in [-0.1, -0.05) is 48.5 Å². The van der Waals surface area contributed by atoms with Gasteiger partial charge in [0.1, 0.15) is 24.5 Å². The lowest BCUT2D eigenvalue weighted by atomic mass is 10.2. The highest BCUT2D eigenvalue weighted by atomic mass is 79.9. The maximum Gasteiger partial charge on any atom is 0.286 e. The van der Waals surface area contributed by atoms with E-state index in [0.29, 0.717) is 0 Å². The van der Waals surface area contributed by atoms with Gasteiger partial charge < -0.3 is 17.0 Å². The SMILES string of the molecule is [Br-].c1ccc(C[n+]2ccn3c4ccccc4ccc32)cc1. The number of hydrogen-bond acceptors (Lipinski definition) is 0. The van der Waals surface area contributed by atoms with Crippen LogP contribution in [0.5, 0.6) is 0 Å². The van der Waals surface area contributed by atoms with Crippen LogP contribution < -0.4 is 21.5 Å². The van der Waals surface area contributed by atoms with Crippen molar-refractivity contribution in [1.29, 1.82) is 0 Å². The summed E-state index contributed by atoms with van der Waals surface area (Å²) in [4.78, 5) is 0. The van der Waals surface area contributed by atoms with E-state index < -0.39 is 0 Å². The minimum absolute atomic E-state index is 0. The van der Waals surface area contributed by atoms with Crippen LogP contribution in [0, 0.1) is 0 Å². The van der Waals surface area contributed by atoms with Crippen LogP contribution in [-0.2, 0) is 6.54 Å². The van der Waals surface area contributed by atoms with Crippen molar-refractivity contribution < 1.29 is 21.5 Å². The van der Waals surface area contributed by atoms with E-state index in [0.717, 1.165) is 6.54 Å². The topological polar surface area (TPSA) is 8.29 Å². The molecule has 0 saturated carbocycles. The van der Waals surface area contributed by atoms with Crippen molar-refractivity contribution in [3.63, 3.8) is 0 Å². The molecule has 0 N–H and O–H groups in total. The average molecular weight is 339 g/mol. The molecule has 3 heteroatoms. The molecule has 0 spiro atoms. The zero-order valence-corrected chi connectivity index (χ0v) is 13.1. The first-order valence-corrected chi connectivity index (χ1v) is 6.84. The molecule has 0 aliphatic rings. The summed E-state index contributed by atoms with van der Waals surface area (Å²) in [5.41, 5.74) is 3.78. The number of pyridine rings is 1. The Bertz CT molecular complexity index is 881. The summed E-state index contributed by atoms with van der Waals surface area (Å²) in [6.45, 7) is 0.898. The maximum absolute atomic E-state index is 2.28. The van der Waals surface area contributed by atoms with Crippen molar-refractivity contribution in [1.82, 2.24) is 4.40 Å². The van der Waals surface area contributed by atoms with Gasteiger partial charge in [0.15, 0.2) is 0 Å². The molecule has 4 aromatic rings. The second kappa shape index (κ2) is 5.70. The number of hydrogen-bond donors (Lipinski definition) is 0. The van der Waals surface area contributed by atoms with Gasteiger partial charge in [-0.05, 0) is 17.7 Å². The number of para-hydroxylation sites is 1. The van der Waals surface area contributed by atoms with Crippen LogP contribution in [0.15, 0.2) is 79.1 Å². The van der Waals surface area contributed by atoms with Gasteiger partial charge >= 0.3 is 0 Å². The average Bonchev–Trinajstić information content (AvgIpc) is 2.92. The molecule has 0 saturated heterocycles. The largest absolute Gasteiger partial charge is 1.00 e. The molecule has 0 radical (unpaired) electrons. The summed E-state index contributed by atoms with van der Waals surface area (Å²) >= 11 is 0. The fourth-order valence-corrected chi connectivity index (χ4v) is 2.74. The first-order valence-electron chi connectivity index (χ1n) is 6.84. The van der Waals surface area contributed by atoms with Crippen LogP contribution in [0.2, 0.25) is 0 Å². The van der Waals surface area contributed by atoms with Gasteiger partial charge in [0, 0.05) is 11.5 Å². The molecular weight excluding hydrogens is 324 g/mol. The van der Waals surface area contributed by atoms with Gasteiger partial charge in [0.25, 0.3) is 5.65 Å². The molecule has 2 heterocycles. The van der Waals surface area contributed by atoms with Crippen LogP contribution >= 0.6 is 0 Å². The van der Waals surface area contributed by atoms with Crippen molar-refractivity contribution in [3.8, 4) is 0 Å². The van der Waals surface area contributed by atoms with E-state index in [1.165, 1.54) is 22.1 Å². The molecular formula is C18H15BrN2. The third-order valence-electron chi connectivity index (χ3n) is 3.74. The predicted molar refractivity (Wildman–Crippen MR) is 80.6 cm³/mol. The molecule has 21 heavy (non-hydrogen) atoms. The molecule has 2 aromatic heterocycles. The highest BCUT2D eigenvalue weighted by Gasteiger charge is 2.12. The zero-order chi connectivity index (χ0) is 13.4. The van der Waals surface area contributed by atoms with Crippen LogP contribution in [0.3, 0.4) is 0 Å². The van der Waals surface area contributed by atoms with Crippen molar-refractivity contribution in [2.45, 2.75) is 6.54 Å². The minimum atomic E-state index is 0. The summed E-state index contributed by atoms with van der Waals surface area (Å²) in [5, 5.41) is 1.27. The van der Waals surface area contributed by atoms with Gasteiger partial charge in [-0.15, -0.1) is 0 Å². The molecule has 2 aromatic carbocycles. The van der Waals surface area contributed by atoms with Crippen LogP contribution in [0.1, 0.15) is 5.56 Å². The Hall–Kier alpha value is -2.13. The monoisotopic (exact) mass is 338 g/mol. The normalized spacial score (nSPS) is 10.7. The number of nitrogens with zero attached hydrogens (tertiary/aromatic N) is 2. The summed E-state index contributed by atoms with van der Waals surface area (Å²) in [6.07, 6.45) is 4.29. The molecule has 2 nitrogen and oxygen atoms in total. The third kappa shape index (κ3) is 2.45. The predicted octanol–water partition coefficient (Wildman–Crippen LogP) is 0.432. The van der Waals surface area contributed by atoms with Crippen molar-refractivity contribution >= 4 is 16.6 Å². The summed E-state index contributed by atoms with van der Waals surface area (Å²) in [6, 6.07) is 23.4. The lowest BCUT2D eigenvalue weighted by molar-refractivity contribution is -0.661. The summed E-state index contributed by atoms with van der Waals surface area (Å²) in [5.74, 6) is 0. The number of benzene rings is 2. The van der Waals surface area contributed by atoms with Crippen molar-refractivity contribution in [2.75, 3.05) is 0 Å². The fraction of sp³-hybridized carbons (Fsp3) is 0.0556. The van der Waals surface area contributed by atoms with E-state index >= 15 is 0 Å². The maximum atomic E-state index is 2.28. The van der Waals surface area contributed by atoms with Gasteiger partial charge in [-0.2, -0.15) is 4.40 Å². The molecule has 0 bridgehead atoms.